The molecule has 11 heteroatoms. The lowest BCUT2D eigenvalue weighted by molar-refractivity contribution is -0.140. The molecule has 0 saturated heterocycles. The molecule has 0 aliphatic rings. The van der Waals surface area contributed by atoms with Gasteiger partial charge in [-0.2, -0.15) is 0 Å². The summed E-state index contributed by atoms with van der Waals surface area (Å²) in [4.78, 5) is 29.0. The first kappa shape index (κ1) is 33.2. The van der Waals surface area contributed by atoms with E-state index in [1.807, 2.05) is 13.8 Å². The van der Waals surface area contributed by atoms with Gasteiger partial charge in [-0.05, 0) is 67.3 Å². The summed E-state index contributed by atoms with van der Waals surface area (Å²) in [6.45, 7) is 5.49. The topological polar surface area (TPSA) is 96.0 Å². The first-order valence-electron chi connectivity index (χ1n) is 13.8. The summed E-state index contributed by atoms with van der Waals surface area (Å²) >= 11 is 12.6. The summed E-state index contributed by atoms with van der Waals surface area (Å²) in [5, 5.41) is 3.67. The Morgan fingerprint density at radius 1 is 1.00 bits per heavy atom. The number of carbonyl (C=O) groups is 2. The van der Waals surface area contributed by atoms with Gasteiger partial charge in [0.1, 0.15) is 18.3 Å². The largest absolute Gasteiger partial charge is 0.495 e. The molecule has 3 rings (SSSR count). The van der Waals surface area contributed by atoms with E-state index in [-0.39, 0.29) is 28.8 Å². The van der Waals surface area contributed by atoms with Gasteiger partial charge in [0.25, 0.3) is 10.0 Å². The Morgan fingerprint density at radius 2 is 1.71 bits per heavy atom. The van der Waals surface area contributed by atoms with Crippen molar-refractivity contribution in [3.63, 3.8) is 0 Å². The summed E-state index contributed by atoms with van der Waals surface area (Å²) in [6.07, 6.45) is 1.98. The molecule has 42 heavy (non-hydrogen) atoms. The number of carbonyl (C=O) groups excluding carboxylic acids is 2. The van der Waals surface area contributed by atoms with Gasteiger partial charge in [0.15, 0.2) is 0 Å². The van der Waals surface area contributed by atoms with Crippen LogP contribution in [0.4, 0.5) is 5.69 Å². The zero-order valence-electron chi connectivity index (χ0n) is 24.3. The lowest BCUT2D eigenvalue weighted by atomic mass is 10.1. The Morgan fingerprint density at radius 3 is 2.33 bits per heavy atom. The predicted octanol–water partition coefficient (Wildman–Crippen LogP) is 6.23. The second kappa shape index (κ2) is 15.3. The summed E-state index contributed by atoms with van der Waals surface area (Å²) in [5.41, 5.74) is 1.55. The summed E-state index contributed by atoms with van der Waals surface area (Å²) in [6, 6.07) is 17.0. The Bertz CT molecular complexity index is 1490. The SMILES string of the molecule is CCCCNC(=O)[C@@H](CC)N(Cc1ccc(Cl)cc1Cl)C(=O)CN(c1cc(C)ccc1OC)S(=O)(=O)c1ccccc1. The van der Waals surface area contributed by atoms with E-state index in [0.29, 0.717) is 28.6 Å². The normalized spacial score (nSPS) is 12.0. The highest BCUT2D eigenvalue weighted by molar-refractivity contribution is 7.92. The number of rotatable bonds is 14. The number of aryl methyl sites for hydroxylation is 1. The van der Waals surface area contributed by atoms with Crippen LogP contribution in [0.2, 0.25) is 10.0 Å². The van der Waals surface area contributed by atoms with E-state index in [1.165, 1.54) is 24.1 Å². The lowest BCUT2D eigenvalue weighted by Crippen LogP contribution is -2.52. The van der Waals surface area contributed by atoms with Gasteiger partial charge in [0.05, 0.1) is 17.7 Å². The van der Waals surface area contributed by atoms with Crippen molar-refractivity contribution >= 4 is 50.7 Å². The average molecular weight is 635 g/mol. The molecule has 1 N–H and O–H groups in total. The number of anilines is 1. The molecular formula is C31H37Cl2N3O5S. The van der Waals surface area contributed by atoms with Crippen molar-refractivity contribution in [1.29, 1.82) is 0 Å². The fourth-order valence-corrected chi connectivity index (χ4v) is 6.39. The van der Waals surface area contributed by atoms with Crippen molar-refractivity contribution in [3.8, 4) is 5.75 Å². The number of hydrogen-bond donors (Lipinski definition) is 1. The van der Waals surface area contributed by atoms with E-state index in [4.69, 9.17) is 27.9 Å². The van der Waals surface area contributed by atoms with E-state index in [1.54, 1.807) is 61.5 Å². The molecule has 0 spiro atoms. The Balaban J connectivity index is 2.11. The lowest BCUT2D eigenvalue weighted by Gasteiger charge is -2.33. The van der Waals surface area contributed by atoms with Gasteiger partial charge in [0, 0.05) is 23.1 Å². The van der Waals surface area contributed by atoms with E-state index >= 15 is 0 Å². The number of amides is 2. The number of halogens is 2. The molecule has 3 aromatic carbocycles. The highest BCUT2D eigenvalue weighted by Crippen LogP contribution is 2.34. The number of unbranched alkanes of at least 4 members (excludes halogenated alkanes) is 1. The van der Waals surface area contributed by atoms with Crippen LogP contribution in [0.15, 0.2) is 71.6 Å². The number of methoxy groups -OCH3 is 1. The highest BCUT2D eigenvalue weighted by atomic mass is 35.5. The zero-order valence-corrected chi connectivity index (χ0v) is 26.6. The Kier molecular flexibility index (Phi) is 12.1. The highest BCUT2D eigenvalue weighted by Gasteiger charge is 2.35. The van der Waals surface area contributed by atoms with Gasteiger partial charge >= 0.3 is 0 Å². The van der Waals surface area contributed by atoms with Gasteiger partial charge in [-0.15, -0.1) is 0 Å². The van der Waals surface area contributed by atoms with Crippen molar-refractivity contribution < 1.29 is 22.7 Å². The van der Waals surface area contributed by atoms with Gasteiger partial charge in [-0.25, -0.2) is 8.42 Å². The van der Waals surface area contributed by atoms with Crippen molar-refractivity contribution in [2.24, 2.45) is 0 Å². The number of nitrogens with one attached hydrogen (secondary N) is 1. The maximum atomic E-state index is 14.2. The predicted molar refractivity (Wildman–Crippen MR) is 168 cm³/mol. The molecule has 2 amide bonds. The molecule has 0 aliphatic carbocycles. The van der Waals surface area contributed by atoms with Gasteiger partial charge in [-0.3, -0.25) is 13.9 Å². The maximum Gasteiger partial charge on any atom is 0.264 e. The molecule has 1 atom stereocenters. The second-order valence-corrected chi connectivity index (χ2v) is 12.5. The molecule has 0 radical (unpaired) electrons. The number of ether oxygens (including phenoxy) is 1. The van der Waals surface area contributed by atoms with Crippen LogP contribution >= 0.6 is 23.2 Å². The number of benzene rings is 3. The molecule has 0 heterocycles. The van der Waals surface area contributed by atoms with Crippen LogP contribution in [0.1, 0.15) is 44.2 Å². The third kappa shape index (κ3) is 8.18. The van der Waals surface area contributed by atoms with E-state index in [2.05, 4.69) is 5.32 Å². The molecule has 0 saturated carbocycles. The maximum absolute atomic E-state index is 14.2. The van der Waals surface area contributed by atoms with Crippen molar-refractivity contribution in [1.82, 2.24) is 10.2 Å². The number of sulfonamides is 1. The van der Waals surface area contributed by atoms with Crippen LogP contribution in [0.25, 0.3) is 0 Å². The van der Waals surface area contributed by atoms with Gasteiger partial charge in [0.2, 0.25) is 11.8 Å². The first-order valence-corrected chi connectivity index (χ1v) is 16.0. The average Bonchev–Trinajstić information content (AvgIpc) is 2.97. The molecular weight excluding hydrogens is 597 g/mol. The molecule has 0 aromatic heterocycles. The molecule has 0 fully saturated rings. The van der Waals surface area contributed by atoms with E-state index in [0.717, 1.165) is 22.7 Å². The van der Waals surface area contributed by atoms with Crippen molar-refractivity contribution in [3.05, 3.63) is 87.9 Å². The standard InChI is InChI=1S/C31H37Cl2N3O5S/c1-5-7-17-34-31(38)27(6-2)35(20-23-14-15-24(32)19-26(23)33)30(37)21-36(28-18-22(3)13-16-29(28)41-4)42(39,40)25-11-9-8-10-12-25/h8-16,18-19,27H,5-7,17,20-21H2,1-4H3,(H,34,38)/t27-/m1/s1. The minimum atomic E-state index is -4.23. The van der Waals surface area contributed by atoms with Crippen molar-refractivity contribution in [2.75, 3.05) is 24.5 Å². The Labute approximate surface area is 258 Å². The van der Waals surface area contributed by atoms with E-state index in [9.17, 15) is 18.0 Å². The smallest absolute Gasteiger partial charge is 0.264 e. The Hall–Kier alpha value is -3.27. The van der Waals surface area contributed by atoms with Crippen molar-refractivity contribution in [2.45, 2.75) is 57.5 Å². The van der Waals surface area contributed by atoms with Crippen LogP contribution in [0.5, 0.6) is 5.75 Å². The monoisotopic (exact) mass is 633 g/mol. The van der Waals surface area contributed by atoms with E-state index < -0.39 is 28.5 Å². The molecule has 0 bridgehead atoms. The molecule has 0 unspecified atom stereocenters. The summed E-state index contributed by atoms with van der Waals surface area (Å²) in [5.74, 6) is -0.624. The fraction of sp³-hybridized carbons (Fsp3) is 0.355. The fourth-order valence-electron chi connectivity index (χ4n) is 4.49. The number of hydrogen-bond acceptors (Lipinski definition) is 5. The minimum absolute atomic E-state index is 0.0120. The molecule has 226 valence electrons. The quantitative estimate of drug-likeness (QED) is 0.212. The van der Waals surface area contributed by atoms with Crippen LogP contribution < -0.4 is 14.4 Å². The molecule has 0 aliphatic heterocycles. The molecule has 3 aromatic rings. The second-order valence-electron chi connectivity index (χ2n) is 9.83. The zero-order chi connectivity index (χ0) is 30.9. The van der Waals surface area contributed by atoms with Crippen LogP contribution in [0, 0.1) is 6.92 Å². The third-order valence-corrected chi connectivity index (χ3v) is 9.15. The third-order valence-electron chi connectivity index (χ3n) is 6.78. The summed E-state index contributed by atoms with van der Waals surface area (Å²) in [7, 11) is -2.79. The van der Waals surface area contributed by atoms with Gasteiger partial charge < -0.3 is 15.0 Å². The summed E-state index contributed by atoms with van der Waals surface area (Å²) < 4.78 is 34.7. The van der Waals surface area contributed by atoms with Crippen LogP contribution in [0.3, 0.4) is 0 Å². The molecule has 8 nitrogen and oxygen atoms in total. The first-order chi connectivity index (χ1) is 20.0. The number of nitrogens with zero attached hydrogens (tertiary/aromatic N) is 2. The van der Waals surface area contributed by atoms with Crippen LogP contribution in [-0.2, 0) is 26.2 Å². The van der Waals surface area contributed by atoms with Gasteiger partial charge in [-0.1, -0.05) is 73.8 Å². The van der Waals surface area contributed by atoms with Crippen LogP contribution in [-0.4, -0.2) is 51.4 Å². The minimum Gasteiger partial charge on any atom is -0.495 e.